The molecule has 1 saturated carbocycles. The molecule has 2 aliphatic rings. The summed E-state index contributed by atoms with van der Waals surface area (Å²) in [4.78, 5) is 30.7. The molecule has 0 spiro atoms. The number of aldehydes is 1. The number of fused-ring (bicyclic) bond motifs is 1. The number of hydrogen-bond donors (Lipinski definition) is 1. The number of ether oxygens (including phenoxy) is 1. The Hall–Kier alpha value is -3.41. The topological polar surface area (TPSA) is 107 Å². The Kier molecular flexibility index (Phi) is 6.22. The highest BCUT2D eigenvalue weighted by Gasteiger charge is 2.30. The van der Waals surface area contributed by atoms with E-state index in [0.717, 1.165) is 6.29 Å². The van der Waals surface area contributed by atoms with Crippen molar-refractivity contribution in [1.82, 2.24) is 24.4 Å². The monoisotopic (exact) mass is 473 g/mol. The Morgan fingerprint density at radius 1 is 1.15 bits per heavy atom. The van der Waals surface area contributed by atoms with E-state index in [9.17, 15) is 18.4 Å². The van der Waals surface area contributed by atoms with Crippen LogP contribution in [-0.4, -0.2) is 62.9 Å². The molecule has 1 N–H and O–H groups in total. The molecule has 1 aliphatic carbocycles. The number of nitrogens with one attached hydrogen (secondary N) is 1. The van der Waals surface area contributed by atoms with Gasteiger partial charge in [0.05, 0.1) is 37.3 Å². The van der Waals surface area contributed by atoms with Crippen LogP contribution in [0.5, 0.6) is 0 Å². The summed E-state index contributed by atoms with van der Waals surface area (Å²) in [5, 5.41) is 10.9. The van der Waals surface area contributed by atoms with E-state index in [1.54, 1.807) is 6.20 Å². The number of hydrogen-bond acceptors (Lipinski definition) is 7. The van der Waals surface area contributed by atoms with Crippen molar-refractivity contribution in [3.05, 3.63) is 35.9 Å². The summed E-state index contributed by atoms with van der Waals surface area (Å²) in [6.07, 6.45) is 4.88. The summed E-state index contributed by atoms with van der Waals surface area (Å²) < 4.78 is 36.2. The normalized spacial score (nSPS) is 21.2. The van der Waals surface area contributed by atoms with Crippen LogP contribution in [0.15, 0.2) is 24.7 Å². The molecular weight excluding hydrogens is 448 g/mol. The molecule has 2 fully saturated rings. The summed E-state index contributed by atoms with van der Waals surface area (Å²) in [5.74, 6) is 0.0663. The highest BCUT2D eigenvalue weighted by molar-refractivity contribution is 6.08. The van der Waals surface area contributed by atoms with Crippen LogP contribution >= 0.6 is 0 Å². The first-order valence-corrected chi connectivity index (χ1v) is 11.3. The van der Waals surface area contributed by atoms with Crippen molar-refractivity contribution in [3.63, 3.8) is 0 Å². The average Bonchev–Trinajstić information content (AvgIpc) is 3.48. The molecule has 1 aliphatic heterocycles. The molecule has 3 aromatic rings. The Labute approximate surface area is 193 Å². The SMILES string of the molecule is O=C[C@H]1CC[C@H](n2ncc(NC(=O)c3cnn4ccc(N5CCOCC5)nc34)c2C(F)F)CC1. The van der Waals surface area contributed by atoms with Crippen molar-refractivity contribution < 1.29 is 23.1 Å². The van der Waals surface area contributed by atoms with Gasteiger partial charge >= 0.3 is 0 Å². The lowest BCUT2D eigenvalue weighted by Crippen LogP contribution is -2.36. The fourth-order valence-corrected chi connectivity index (χ4v) is 4.64. The number of anilines is 2. The second-order valence-corrected chi connectivity index (χ2v) is 8.56. The minimum absolute atomic E-state index is 0.0357. The molecule has 4 heterocycles. The van der Waals surface area contributed by atoms with Gasteiger partial charge in [0.2, 0.25) is 0 Å². The molecule has 0 radical (unpaired) electrons. The zero-order valence-corrected chi connectivity index (χ0v) is 18.4. The first kappa shape index (κ1) is 22.4. The van der Waals surface area contributed by atoms with Crippen molar-refractivity contribution in [3.8, 4) is 0 Å². The van der Waals surface area contributed by atoms with E-state index in [-0.39, 0.29) is 28.9 Å². The quantitative estimate of drug-likeness (QED) is 0.549. The molecular formula is C22H25F2N7O3. The highest BCUT2D eigenvalue weighted by atomic mass is 19.3. The third kappa shape index (κ3) is 4.25. The number of halogens is 2. The fraction of sp³-hybridized carbons (Fsp3) is 0.500. The lowest BCUT2D eigenvalue weighted by Gasteiger charge is -2.27. The largest absolute Gasteiger partial charge is 0.378 e. The van der Waals surface area contributed by atoms with Gasteiger partial charge in [-0.15, -0.1) is 0 Å². The van der Waals surface area contributed by atoms with Gasteiger partial charge in [0.15, 0.2) is 5.65 Å². The van der Waals surface area contributed by atoms with Gasteiger partial charge in [-0.3, -0.25) is 9.48 Å². The fourth-order valence-electron chi connectivity index (χ4n) is 4.64. The number of aromatic nitrogens is 5. The zero-order valence-electron chi connectivity index (χ0n) is 18.4. The zero-order chi connectivity index (χ0) is 23.7. The number of nitrogens with zero attached hydrogens (tertiary/aromatic N) is 6. The van der Waals surface area contributed by atoms with Crippen LogP contribution < -0.4 is 10.2 Å². The minimum Gasteiger partial charge on any atom is -0.378 e. The van der Waals surface area contributed by atoms with Crippen molar-refractivity contribution in [2.75, 3.05) is 36.5 Å². The number of rotatable bonds is 6. The summed E-state index contributed by atoms with van der Waals surface area (Å²) in [6, 6.07) is 1.58. The first-order valence-electron chi connectivity index (χ1n) is 11.3. The molecule has 1 amide bonds. The van der Waals surface area contributed by atoms with Crippen LogP contribution in [0.1, 0.15) is 54.2 Å². The second kappa shape index (κ2) is 9.45. The minimum atomic E-state index is -2.82. The summed E-state index contributed by atoms with van der Waals surface area (Å²) in [6.45, 7) is 2.56. The van der Waals surface area contributed by atoms with Crippen LogP contribution in [0, 0.1) is 5.92 Å². The van der Waals surface area contributed by atoms with Gasteiger partial charge in [-0.25, -0.2) is 18.3 Å². The Bertz CT molecular complexity index is 1180. The van der Waals surface area contributed by atoms with Crippen molar-refractivity contribution in [2.24, 2.45) is 5.92 Å². The number of carbonyl (C=O) groups is 2. The van der Waals surface area contributed by atoms with Crippen LogP contribution in [0.4, 0.5) is 20.3 Å². The van der Waals surface area contributed by atoms with E-state index in [1.165, 1.54) is 21.6 Å². The van der Waals surface area contributed by atoms with Gasteiger partial charge in [0.1, 0.15) is 23.4 Å². The van der Waals surface area contributed by atoms with Crippen LogP contribution in [0.2, 0.25) is 0 Å². The van der Waals surface area contributed by atoms with Crippen molar-refractivity contribution in [2.45, 2.75) is 38.2 Å². The standard InChI is InChI=1S/C22H25F2N7O3/c23-20(24)19-17(12-26-31(19)15-3-1-14(13-32)2-4-15)27-22(33)16-11-25-30-6-5-18(28-21(16)30)29-7-9-34-10-8-29/h5-6,11-15,20H,1-4,7-10H2,(H,27,33)/t14-,15-. The molecule has 12 heteroatoms. The molecule has 10 nitrogen and oxygen atoms in total. The van der Waals surface area contributed by atoms with Crippen LogP contribution in [0.25, 0.3) is 5.65 Å². The van der Waals surface area contributed by atoms with Gasteiger partial charge in [-0.05, 0) is 31.7 Å². The van der Waals surface area contributed by atoms with Crippen molar-refractivity contribution in [1.29, 1.82) is 0 Å². The van der Waals surface area contributed by atoms with Gasteiger partial charge < -0.3 is 19.7 Å². The third-order valence-electron chi connectivity index (χ3n) is 6.50. The first-order chi connectivity index (χ1) is 16.5. The highest BCUT2D eigenvalue weighted by Crippen LogP contribution is 2.36. The van der Waals surface area contributed by atoms with Gasteiger partial charge in [0.25, 0.3) is 12.3 Å². The van der Waals surface area contributed by atoms with Crippen LogP contribution in [-0.2, 0) is 9.53 Å². The van der Waals surface area contributed by atoms with Crippen molar-refractivity contribution >= 4 is 29.3 Å². The van der Waals surface area contributed by atoms with E-state index in [4.69, 9.17) is 4.74 Å². The predicted molar refractivity (Wildman–Crippen MR) is 118 cm³/mol. The van der Waals surface area contributed by atoms with E-state index in [1.807, 2.05) is 6.07 Å². The third-order valence-corrected chi connectivity index (χ3v) is 6.50. The maximum absolute atomic E-state index is 14.0. The maximum Gasteiger partial charge on any atom is 0.282 e. The van der Waals surface area contributed by atoms with Gasteiger partial charge in [-0.1, -0.05) is 0 Å². The Morgan fingerprint density at radius 3 is 2.62 bits per heavy atom. The smallest absolute Gasteiger partial charge is 0.282 e. The summed E-state index contributed by atoms with van der Waals surface area (Å²) >= 11 is 0. The lowest BCUT2D eigenvalue weighted by atomic mass is 9.87. The molecule has 0 aromatic carbocycles. The molecule has 0 atom stereocenters. The second-order valence-electron chi connectivity index (χ2n) is 8.56. The molecule has 5 rings (SSSR count). The van der Waals surface area contributed by atoms with E-state index < -0.39 is 12.3 Å². The number of carbonyl (C=O) groups excluding carboxylic acids is 2. The van der Waals surface area contributed by atoms with Gasteiger partial charge in [0, 0.05) is 25.2 Å². The predicted octanol–water partition coefficient (Wildman–Crippen LogP) is 2.88. The van der Waals surface area contributed by atoms with E-state index in [0.29, 0.717) is 63.5 Å². The molecule has 1 saturated heterocycles. The summed E-state index contributed by atoms with van der Waals surface area (Å²) in [5.41, 5.74) is 0.136. The molecule has 180 valence electrons. The molecule has 0 bridgehead atoms. The van der Waals surface area contributed by atoms with Crippen LogP contribution in [0.3, 0.4) is 0 Å². The Morgan fingerprint density at radius 2 is 1.91 bits per heavy atom. The average molecular weight is 473 g/mol. The molecule has 3 aromatic heterocycles. The molecule has 0 unspecified atom stereocenters. The maximum atomic E-state index is 14.0. The number of alkyl halides is 2. The summed E-state index contributed by atoms with van der Waals surface area (Å²) in [7, 11) is 0. The number of morpholine rings is 1. The van der Waals surface area contributed by atoms with E-state index in [2.05, 4.69) is 25.4 Å². The number of amides is 1. The van der Waals surface area contributed by atoms with E-state index >= 15 is 0 Å². The Balaban J connectivity index is 1.39. The lowest BCUT2D eigenvalue weighted by molar-refractivity contribution is -0.112. The molecule has 34 heavy (non-hydrogen) atoms. The van der Waals surface area contributed by atoms with Gasteiger partial charge in [-0.2, -0.15) is 10.2 Å².